The van der Waals surface area contributed by atoms with Gasteiger partial charge in [-0.15, -0.1) is 0 Å². The SMILES string of the molecule is Cc1nonc1-c1c([N+](=O)[O-])c([N+](=O)[O-])nn1N. The monoisotopic (exact) mass is 255 g/mol. The van der Waals surface area contributed by atoms with Crippen molar-refractivity contribution in [1.82, 2.24) is 20.2 Å². The van der Waals surface area contributed by atoms with Crippen LogP contribution in [0.5, 0.6) is 0 Å². The summed E-state index contributed by atoms with van der Waals surface area (Å²) in [7, 11) is 0. The lowest BCUT2D eigenvalue weighted by Crippen LogP contribution is -2.12. The molecule has 0 bridgehead atoms. The average Bonchev–Trinajstić information content (AvgIpc) is 2.81. The molecule has 94 valence electrons. The molecule has 18 heavy (non-hydrogen) atoms. The number of nitrogen functional groups attached to an aromatic ring is 1. The minimum absolute atomic E-state index is 0.0789. The number of nitrogens with two attached hydrogens (primary N) is 1. The summed E-state index contributed by atoms with van der Waals surface area (Å²) < 4.78 is 4.37. The molecule has 0 fully saturated rings. The van der Waals surface area contributed by atoms with Crippen LogP contribution in [0.1, 0.15) is 5.69 Å². The van der Waals surface area contributed by atoms with Crippen LogP contribution in [0.15, 0.2) is 4.63 Å². The second-order valence-electron chi connectivity index (χ2n) is 3.18. The third-order valence-electron chi connectivity index (χ3n) is 2.10. The van der Waals surface area contributed by atoms with Crippen molar-refractivity contribution < 1.29 is 14.5 Å². The molecule has 2 aromatic rings. The number of nitro groups is 2. The Labute approximate surface area is 97.2 Å². The second kappa shape index (κ2) is 3.76. The first kappa shape index (κ1) is 11.4. The van der Waals surface area contributed by atoms with E-state index < -0.39 is 21.4 Å². The molecule has 12 nitrogen and oxygen atoms in total. The Morgan fingerprint density at radius 1 is 1.28 bits per heavy atom. The molecular weight excluding hydrogens is 250 g/mol. The quantitative estimate of drug-likeness (QED) is 0.442. The Hall–Kier alpha value is -3.05. The van der Waals surface area contributed by atoms with Crippen molar-refractivity contribution in [3.8, 4) is 11.4 Å². The molecule has 0 aliphatic carbocycles. The van der Waals surface area contributed by atoms with Crippen molar-refractivity contribution in [2.24, 2.45) is 0 Å². The number of nitrogens with zero attached hydrogens (tertiary/aromatic N) is 6. The zero-order valence-electron chi connectivity index (χ0n) is 8.80. The Morgan fingerprint density at radius 2 is 1.94 bits per heavy atom. The Morgan fingerprint density at radius 3 is 2.39 bits per heavy atom. The van der Waals surface area contributed by atoms with E-state index in [1.54, 1.807) is 0 Å². The van der Waals surface area contributed by atoms with Crippen LogP contribution < -0.4 is 5.84 Å². The molecule has 0 amide bonds. The first-order valence-corrected chi connectivity index (χ1v) is 4.40. The minimum atomic E-state index is -1.01. The van der Waals surface area contributed by atoms with Gasteiger partial charge in [-0.2, -0.15) is 0 Å². The summed E-state index contributed by atoms with van der Waals surface area (Å²) in [6.07, 6.45) is 0. The molecule has 2 N–H and O–H groups in total. The van der Waals surface area contributed by atoms with Gasteiger partial charge in [-0.3, -0.25) is 10.1 Å². The van der Waals surface area contributed by atoms with E-state index in [4.69, 9.17) is 5.84 Å². The summed E-state index contributed by atoms with van der Waals surface area (Å²) >= 11 is 0. The fourth-order valence-electron chi connectivity index (χ4n) is 1.37. The first-order valence-electron chi connectivity index (χ1n) is 4.40. The third kappa shape index (κ3) is 1.51. The Kier molecular flexibility index (Phi) is 2.39. The van der Waals surface area contributed by atoms with Gasteiger partial charge < -0.3 is 16.0 Å². The van der Waals surface area contributed by atoms with Crippen LogP contribution >= 0.6 is 0 Å². The molecule has 2 rings (SSSR count). The van der Waals surface area contributed by atoms with Gasteiger partial charge in [-0.05, 0) is 17.0 Å². The van der Waals surface area contributed by atoms with E-state index >= 15 is 0 Å². The lowest BCUT2D eigenvalue weighted by molar-refractivity contribution is -0.424. The van der Waals surface area contributed by atoms with Gasteiger partial charge in [0.25, 0.3) is 0 Å². The third-order valence-corrected chi connectivity index (χ3v) is 2.10. The summed E-state index contributed by atoms with van der Waals surface area (Å²) in [5, 5.41) is 31.6. The number of aryl methyl sites for hydroxylation is 1. The van der Waals surface area contributed by atoms with Crippen molar-refractivity contribution >= 4 is 11.5 Å². The van der Waals surface area contributed by atoms with E-state index in [1.807, 2.05) is 0 Å². The molecule has 0 radical (unpaired) electrons. The van der Waals surface area contributed by atoms with Crippen molar-refractivity contribution in [1.29, 1.82) is 0 Å². The second-order valence-corrected chi connectivity index (χ2v) is 3.18. The van der Waals surface area contributed by atoms with E-state index in [0.29, 0.717) is 4.79 Å². The highest BCUT2D eigenvalue weighted by atomic mass is 16.6. The molecule has 0 unspecified atom stereocenters. The number of rotatable bonds is 3. The molecule has 12 heteroatoms. The predicted octanol–water partition coefficient (Wildman–Crippen LogP) is -0.228. The van der Waals surface area contributed by atoms with Gasteiger partial charge in [0.2, 0.25) is 5.69 Å². The van der Waals surface area contributed by atoms with Gasteiger partial charge >= 0.3 is 11.5 Å². The highest BCUT2D eigenvalue weighted by Crippen LogP contribution is 2.36. The Bertz CT molecular complexity index is 643. The highest BCUT2D eigenvalue weighted by molar-refractivity contribution is 5.73. The van der Waals surface area contributed by atoms with Gasteiger partial charge in [-0.25, -0.2) is 4.63 Å². The first-order chi connectivity index (χ1) is 8.43. The summed E-state index contributed by atoms with van der Waals surface area (Å²) in [5.74, 6) is 4.39. The van der Waals surface area contributed by atoms with E-state index in [0.717, 1.165) is 0 Å². The van der Waals surface area contributed by atoms with Gasteiger partial charge in [0.05, 0.1) is 10.0 Å². The summed E-state index contributed by atoms with van der Waals surface area (Å²) in [5.41, 5.74) is -1.09. The zero-order chi connectivity index (χ0) is 13.4. The topological polar surface area (TPSA) is 169 Å². The maximum Gasteiger partial charge on any atom is 0.470 e. The van der Waals surface area contributed by atoms with Crippen LogP contribution in [0.3, 0.4) is 0 Å². The number of hydrogen-bond donors (Lipinski definition) is 1. The molecule has 0 aromatic carbocycles. The summed E-state index contributed by atoms with van der Waals surface area (Å²) in [6.45, 7) is 1.45. The van der Waals surface area contributed by atoms with Crippen LogP contribution in [0, 0.1) is 27.2 Å². The normalized spacial score (nSPS) is 10.5. The maximum absolute atomic E-state index is 10.9. The van der Waals surface area contributed by atoms with Crippen LogP contribution in [-0.4, -0.2) is 30.0 Å². The van der Waals surface area contributed by atoms with Gasteiger partial charge in [0, 0.05) is 0 Å². The van der Waals surface area contributed by atoms with Crippen LogP contribution in [0.4, 0.5) is 11.5 Å². The van der Waals surface area contributed by atoms with Gasteiger partial charge in [0.15, 0.2) is 5.69 Å². The van der Waals surface area contributed by atoms with Crippen LogP contribution in [0.2, 0.25) is 0 Å². The number of hydrogen-bond acceptors (Lipinski definition) is 9. The fraction of sp³-hybridized carbons (Fsp3) is 0.167. The van der Waals surface area contributed by atoms with Gasteiger partial charge in [0.1, 0.15) is 5.69 Å². The predicted molar refractivity (Wildman–Crippen MR) is 53.7 cm³/mol. The van der Waals surface area contributed by atoms with E-state index in [1.165, 1.54) is 6.92 Å². The van der Waals surface area contributed by atoms with Crippen molar-refractivity contribution in [2.45, 2.75) is 6.92 Å². The van der Waals surface area contributed by atoms with E-state index in [2.05, 4.69) is 20.0 Å². The molecule has 0 atom stereocenters. The van der Waals surface area contributed by atoms with Crippen LogP contribution in [0.25, 0.3) is 11.4 Å². The molecule has 0 saturated heterocycles. The van der Waals surface area contributed by atoms with E-state index in [9.17, 15) is 20.2 Å². The van der Waals surface area contributed by atoms with Gasteiger partial charge in [-0.1, -0.05) is 9.95 Å². The maximum atomic E-state index is 10.9. The molecule has 0 saturated carbocycles. The summed E-state index contributed by atoms with van der Waals surface area (Å²) in [4.78, 5) is 20.1. The fourth-order valence-corrected chi connectivity index (χ4v) is 1.37. The average molecular weight is 255 g/mol. The zero-order valence-corrected chi connectivity index (χ0v) is 8.80. The van der Waals surface area contributed by atoms with Crippen molar-refractivity contribution in [3.05, 3.63) is 25.9 Å². The number of aromatic nitrogens is 4. The summed E-state index contributed by atoms with van der Waals surface area (Å²) in [6, 6.07) is 0. The minimum Gasteiger partial charge on any atom is -0.358 e. The Balaban J connectivity index is 2.79. The molecular formula is C6H5N7O5. The van der Waals surface area contributed by atoms with Crippen molar-refractivity contribution in [3.63, 3.8) is 0 Å². The van der Waals surface area contributed by atoms with Crippen LogP contribution in [-0.2, 0) is 0 Å². The molecule has 2 aromatic heterocycles. The highest BCUT2D eigenvalue weighted by Gasteiger charge is 2.40. The lowest BCUT2D eigenvalue weighted by atomic mass is 10.2. The molecule has 0 spiro atoms. The van der Waals surface area contributed by atoms with E-state index in [-0.39, 0.29) is 17.1 Å². The lowest BCUT2D eigenvalue weighted by Gasteiger charge is -1.92. The molecule has 0 aliphatic heterocycles. The standard InChI is InChI=1S/C6H5N7O5/c1-2-3(10-18-9-2)4-5(12(14)15)6(13(16)17)8-11(4)7/h7H2,1H3. The van der Waals surface area contributed by atoms with Crippen molar-refractivity contribution in [2.75, 3.05) is 5.84 Å². The largest absolute Gasteiger partial charge is 0.470 e. The smallest absolute Gasteiger partial charge is 0.358 e. The molecule has 0 aliphatic rings. The molecule has 2 heterocycles.